The molecule has 31 heavy (non-hydrogen) atoms. The minimum absolute atomic E-state index is 0.00575. The van der Waals surface area contributed by atoms with E-state index in [-0.39, 0.29) is 13.8 Å². The molecule has 1 aliphatic heterocycles. The van der Waals surface area contributed by atoms with Crippen LogP contribution in [0, 0.1) is 23.7 Å². The fourth-order valence-electron chi connectivity index (χ4n) is 3.69. The molecule has 1 heterocycles. The maximum atomic E-state index is 14.5. The van der Waals surface area contributed by atoms with E-state index in [1.54, 1.807) is 0 Å². The number of alkyl halides is 16. The normalized spacial score (nSPS) is 30.6. The van der Waals surface area contributed by atoms with Gasteiger partial charge in [-0.15, -0.1) is 0 Å². The van der Waals surface area contributed by atoms with E-state index in [0.29, 0.717) is 0 Å². The van der Waals surface area contributed by atoms with Crippen LogP contribution < -0.4 is 0 Å². The fourth-order valence-corrected chi connectivity index (χ4v) is 3.69. The Kier molecular flexibility index (Phi) is 6.93. The third-order valence-electron chi connectivity index (χ3n) is 4.85. The summed E-state index contributed by atoms with van der Waals surface area (Å²) in [5.74, 6) is -32.9. The van der Waals surface area contributed by atoms with E-state index in [1.807, 2.05) is 0 Å². The molecule has 0 saturated carbocycles. The summed E-state index contributed by atoms with van der Waals surface area (Å²) in [4.78, 5) is 0. The minimum Gasteiger partial charge on any atom is -0.374 e. The lowest BCUT2D eigenvalue weighted by molar-refractivity contribution is -0.365. The molecule has 1 nitrogen and oxygen atoms in total. The van der Waals surface area contributed by atoms with Crippen molar-refractivity contribution in [1.82, 2.24) is 0 Å². The Bertz CT molecular complexity index is 544. The molecule has 4 atom stereocenters. The van der Waals surface area contributed by atoms with Crippen LogP contribution in [0.15, 0.2) is 0 Å². The van der Waals surface area contributed by atoms with Crippen LogP contribution in [0.3, 0.4) is 0 Å². The molecule has 1 fully saturated rings. The Morgan fingerprint density at radius 3 is 0.871 bits per heavy atom. The van der Waals surface area contributed by atoms with E-state index >= 15 is 0 Å². The van der Waals surface area contributed by atoms with Gasteiger partial charge in [-0.05, 0) is 13.8 Å². The highest BCUT2D eigenvalue weighted by molar-refractivity contribution is 5.08. The zero-order chi connectivity index (χ0) is 25.2. The van der Waals surface area contributed by atoms with Gasteiger partial charge in [0.05, 0.1) is 24.0 Å². The number of rotatable bonds is 2. The second-order valence-electron chi connectivity index (χ2n) is 6.97. The Hall–Kier alpha value is -1.16. The minimum atomic E-state index is -6.67. The zero-order valence-corrected chi connectivity index (χ0v) is 14.9. The van der Waals surface area contributed by atoms with Gasteiger partial charge in [-0.3, -0.25) is 0 Å². The summed E-state index contributed by atoms with van der Waals surface area (Å²) >= 11 is 0. The third-order valence-corrected chi connectivity index (χ3v) is 4.85. The molecular formula is C14H12F16O. The molecule has 0 amide bonds. The first-order chi connectivity index (χ1) is 13.3. The van der Waals surface area contributed by atoms with Crippen LogP contribution in [0.1, 0.15) is 13.8 Å². The van der Waals surface area contributed by atoms with E-state index in [4.69, 9.17) is 0 Å². The van der Waals surface area contributed by atoms with E-state index in [0.717, 1.165) is 0 Å². The van der Waals surface area contributed by atoms with Gasteiger partial charge in [-0.1, -0.05) is 0 Å². The summed E-state index contributed by atoms with van der Waals surface area (Å²) in [6.45, 7) is -0.0115. The maximum absolute atomic E-state index is 14.5. The molecule has 0 N–H and O–H groups in total. The van der Waals surface area contributed by atoms with Crippen LogP contribution in [0.5, 0.6) is 0 Å². The van der Waals surface area contributed by atoms with Crippen molar-refractivity contribution in [2.45, 2.75) is 62.6 Å². The highest BCUT2D eigenvalue weighted by atomic mass is 19.4. The van der Waals surface area contributed by atoms with Gasteiger partial charge in [-0.25, -0.2) is 0 Å². The number of halogens is 16. The van der Waals surface area contributed by atoms with Crippen molar-refractivity contribution in [2.24, 2.45) is 23.7 Å². The van der Waals surface area contributed by atoms with E-state index in [9.17, 15) is 70.2 Å². The van der Waals surface area contributed by atoms with Gasteiger partial charge >= 0.3 is 36.6 Å². The molecule has 0 bridgehead atoms. The highest BCUT2D eigenvalue weighted by Gasteiger charge is 2.80. The first-order valence-electron chi connectivity index (χ1n) is 7.97. The molecule has 0 radical (unpaired) electrons. The Morgan fingerprint density at radius 1 is 0.516 bits per heavy atom. The average Bonchev–Trinajstić information content (AvgIpc) is 2.46. The molecular weight excluding hydrogens is 488 g/mol. The molecule has 186 valence electrons. The van der Waals surface area contributed by atoms with Crippen LogP contribution in [0.25, 0.3) is 0 Å². The summed E-state index contributed by atoms with van der Waals surface area (Å²) < 4.78 is 217. The van der Waals surface area contributed by atoms with Crippen molar-refractivity contribution in [3.8, 4) is 0 Å². The molecule has 1 aliphatic rings. The lowest BCUT2D eigenvalue weighted by Gasteiger charge is -2.42. The molecule has 1 saturated heterocycles. The predicted molar refractivity (Wildman–Crippen MR) is 68.1 cm³/mol. The van der Waals surface area contributed by atoms with Crippen molar-refractivity contribution < 1.29 is 75.0 Å². The Morgan fingerprint density at radius 2 is 0.710 bits per heavy atom. The smallest absolute Gasteiger partial charge is 0.374 e. The average molecular weight is 500 g/mol. The van der Waals surface area contributed by atoms with Crippen molar-refractivity contribution in [3.63, 3.8) is 0 Å². The highest BCUT2D eigenvalue weighted by Crippen LogP contribution is 2.61. The number of hydrogen-bond acceptors (Lipinski definition) is 1. The largest absolute Gasteiger partial charge is 0.401 e. The van der Waals surface area contributed by atoms with E-state index in [2.05, 4.69) is 4.74 Å². The van der Waals surface area contributed by atoms with Gasteiger partial charge in [0.2, 0.25) is 0 Å². The van der Waals surface area contributed by atoms with Gasteiger partial charge in [0, 0.05) is 0 Å². The molecule has 1 rings (SSSR count). The van der Waals surface area contributed by atoms with Crippen molar-refractivity contribution >= 4 is 0 Å². The lowest BCUT2D eigenvalue weighted by atomic mass is 9.73. The van der Waals surface area contributed by atoms with Crippen molar-refractivity contribution in [1.29, 1.82) is 0 Å². The van der Waals surface area contributed by atoms with E-state index in [1.165, 1.54) is 0 Å². The van der Waals surface area contributed by atoms with Gasteiger partial charge in [0.1, 0.15) is 0 Å². The van der Waals surface area contributed by atoms with Gasteiger partial charge < -0.3 is 4.74 Å². The second kappa shape index (κ2) is 7.71. The van der Waals surface area contributed by atoms with E-state index < -0.39 is 72.4 Å². The zero-order valence-electron chi connectivity index (χ0n) is 14.9. The molecule has 17 heteroatoms. The van der Waals surface area contributed by atoms with Gasteiger partial charge in [0.25, 0.3) is 0 Å². The molecule has 0 aliphatic carbocycles. The SMILES string of the molecule is CC1OC(C)C(C(C(F)(F)F)C(F)(F)F)C(F)(F)C(F)(F)C1C(C(F)(F)F)C(F)(F)F. The maximum Gasteiger partial charge on any atom is 0.401 e. The van der Waals surface area contributed by atoms with Crippen LogP contribution in [0.2, 0.25) is 0 Å². The van der Waals surface area contributed by atoms with Crippen LogP contribution in [-0.2, 0) is 4.74 Å². The van der Waals surface area contributed by atoms with Gasteiger partial charge in [-0.2, -0.15) is 70.2 Å². The van der Waals surface area contributed by atoms with Crippen LogP contribution in [0.4, 0.5) is 70.2 Å². The van der Waals surface area contributed by atoms with Crippen LogP contribution in [-0.4, -0.2) is 48.8 Å². The second-order valence-corrected chi connectivity index (χ2v) is 6.97. The number of hydrogen-bond donors (Lipinski definition) is 0. The summed E-state index contributed by atoms with van der Waals surface area (Å²) in [6.07, 6.45) is -33.0. The first kappa shape index (κ1) is 27.9. The predicted octanol–water partition coefficient (Wildman–Crippen LogP) is 6.78. The standard InChI is InChI=1S/C14H12F16O/c1-3-5(7(11(19,20)21)12(22,23)24)9(15,16)10(17,18)6(4(2)31-3)8(13(25,26)27)14(28,29)30/h3-8H,1-2H3. The first-order valence-corrected chi connectivity index (χ1v) is 7.97. The quantitative estimate of drug-likeness (QED) is 0.380. The fraction of sp³-hybridized carbons (Fsp3) is 1.00. The Balaban J connectivity index is 3.86. The van der Waals surface area contributed by atoms with Crippen molar-refractivity contribution in [3.05, 3.63) is 0 Å². The lowest BCUT2D eigenvalue weighted by Crippen LogP contribution is -2.62. The molecule has 0 aromatic rings. The molecule has 0 aromatic carbocycles. The summed E-state index contributed by atoms with van der Waals surface area (Å²) in [5.41, 5.74) is 0. The summed E-state index contributed by atoms with van der Waals surface area (Å²) in [7, 11) is 0. The van der Waals surface area contributed by atoms with Crippen molar-refractivity contribution in [2.75, 3.05) is 0 Å². The monoisotopic (exact) mass is 500 g/mol. The third kappa shape index (κ3) is 5.10. The molecule has 0 aromatic heterocycles. The molecule has 0 spiro atoms. The topological polar surface area (TPSA) is 9.23 Å². The number of ether oxygens (including phenoxy) is 1. The molecule has 4 unspecified atom stereocenters. The summed E-state index contributed by atoms with van der Waals surface area (Å²) in [5, 5.41) is 0. The van der Waals surface area contributed by atoms with Crippen LogP contribution >= 0.6 is 0 Å². The summed E-state index contributed by atoms with van der Waals surface area (Å²) in [6, 6.07) is 0. The Labute approximate surface area is 162 Å². The van der Waals surface area contributed by atoms with Gasteiger partial charge in [0.15, 0.2) is 11.8 Å².